The largest absolute Gasteiger partial charge is 0.493 e. The molecule has 1 aromatic rings. The quantitative estimate of drug-likeness (QED) is 0.471. The van der Waals surface area contributed by atoms with Crippen LogP contribution in [0.25, 0.3) is 0 Å². The SMILES string of the molecule is CN=C(Nc1ccc(OC)c(OC)c1)NC1CC1C.I. The molecule has 0 aliphatic heterocycles. The number of anilines is 1. The number of halogens is 1. The van der Waals surface area contributed by atoms with E-state index in [1.165, 1.54) is 6.42 Å². The van der Waals surface area contributed by atoms with Gasteiger partial charge in [-0.1, -0.05) is 6.92 Å². The summed E-state index contributed by atoms with van der Waals surface area (Å²) in [4.78, 5) is 4.22. The fourth-order valence-electron chi connectivity index (χ4n) is 1.91. The van der Waals surface area contributed by atoms with Crippen LogP contribution in [-0.2, 0) is 0 Å². The molecule has 0 bridgehead atoms. The molecule has 2 atom stereocenters. The van der Waals surface area contributed by atoms with E-state index in [0.29, 0.717) is 17.5 Å². The van der Waals surface area contributed by atoms with E-state index in [1.54, 1.807) is 21.3 Å². The van der Waals surface area contributed by atoms with Gasteiger partial charge in [0.15, 0.2) is 17.5 Å². The van der Waals surface area contributed by atoms with Gasteiger partial charge in [-0.25, -0.2) is 0 Å². The first kappa shape index (κ1) is 16.9. The molecule has 1 aliphatic rings. The van der Waals surface area contributed by atoms with Gasteiger partial charge in [-0.3, -0.25) is 4.99 Å². The maximum atomic E-state index is 5.28. The van der Waals surface area contributed by atoms with Gasteiger partial charge >= 0.3 is 0 Å². The highest BCUT2D eigenvalue weighted by Gasteiger charge is 2.33. The fraction of sp³-hybridized carbons (Fsp3) is 0.500. The molecule has 0 heterocycles. The smallest absolute Gasteiger partial charge is 0.195 e. The van der Waals surface area contributed by atoms with Crippen molar-refractivity contribution in [2.75, 3.05) is 26.6 Å². The lowest BCUT2D eigenvalue weighted by Gasteiger charge is -2.13. The number of nitrogens with zero attached hydrogens (tertiary/aromatic N) is 1. The zero-order chi connectivity index (χ0) is 13.8. The first-order valence-corrected chi connectivity index (χ1v) is 6.40. The summed E-state index contributed by atoms with van der Waals surface area (Å²) in [7, 11) is 5.02. The zero-order valence-corrected chi connectivity index (χ0v) is 14.6. The Morgan fingerprint density at radius 2 is 1.90 bits per heavy atom. The first-order valence-electron chi connectivity index (χ1n) is 6.40. The van der Waals surface area contributed by atoms with E-state index in [0.717, 1.165) is 17.6 Å². The van der Waals surface area contributed by atoms with E-state index >= 15 is 0 Å². The number of hydrogen-bond acceptors (Lipinski definition) is 3. The molecule has 0 radical (unpaired) electrons. The van der Waals surface area contributed by atoms with E-state index in [-0.39, 0.29) is 24.0 Å². The molecule has 5 nitrogen and oxygen atoms in total. The predicted molar refractivity (Wildman–Crippen MR) is 92.6 cm³/mol. The Bertz CT molecular complexity index is 479. The molecule has 112 valence electrons. The van der Waals surface area contributed by atoms with Crippen LogP contribution >= 0.6 is 24.0 Å². The van der Waals surface area contributed by atoms with Gasteiger partial charge in [0.25, 0.3) is 0 Å². The molecule has 0 amide bonds. The number of guanidine groups is 1. The van der Waals surface area contributed by atoms with Crippen molar-refractivity contribution in [1.82, 2.24) is 5.32 Å². The third-order valence-corrected chi connectivity index (χ3v) is 3.30. The molecule has 2 unspecified atom stereocenters. The number of hydrogen-bond donors (Lipinski definition) is 2. The molecule has 6 heteroatoms. The van der Waals surface area contributed by atoms with Crippen molar-refractivity contribution in [3.8, 4) is 11.5 Å². The number of benzene rings is 1. The minimum absolute atomic E-state index is 0. The number of ether oxygens (including phenoxy) is 2. The van der Waals surface area contributed by atoms with E-state index < -0.39 is 0 Å². The standard InChI is InChI=1S/C14H21N3O2.HI/c1-9-7-11(9)17-14(15-2)16-10-5-6-12(18-3)13(8-10)19-4;/h5-6,8-9,11H,7H2,1-4H3,(H2,15,16,17);1H. The number of aliphatic imine (C=N–C) groups is 1. The summed E-state index contributed by atoms with van der Waals surface area (Å²) in [6.07, 6.45) is 1.20. The summed E-state index contributed by atoms with van der Waals surface area (Å²) in [6.45, 7) is 2.22. The Labute approximate surface area is 137 Å². The van der Waals surface area contributed by atoms with Crippen molar-refractivity contribution >= 4 is 35.6 Å². The predicted octanol–water partition coefficient (Wildman–Crippen LogP) is 2.72. The topological polar surface area (TPSA) is 54.9 Å². The highest BCUT2D eigenvalue weighted by molar-refractivity contribution is 14.0. The van der Waals surface area contributed by atoms with E-state index in [4.69, 9.17) is 9.47 Å². The Morgan fingerprint density at radius 1 is 1.25 bits per heavy atom. The van der Waals surface area contributed by atoms with Crippen LogP contribution in [0.3, 0.4) is 0 Å². The average molecular weight is 391 g/mol. The molecule has 1 aliphatic carbocycles. The molecular weight excluding hydrogens is 369 g/mol. The van der Waals surface area contributed by atoms with E-state index in [1.807, 2.05) is 18.2 Å². The second kappa shape index (κ2) is 7.56. The minimum atomic E-state index is 0. The minimum Gasteiger partial charge on any atom is -0.493 e. The monoisotopic (exact) mass is 391 g/mol. The highest BCUT2D eigenvalue weighted by atomic mass is 127. The molecule has 0 saturated heterocycles. The molecule has 1 aromatic carbocycles. The summed E-state index contributed by atoms with van der Waals surface area (Å²) in [5.41, 5.74) is 0.916. The lowest BCUT2D eigenvalue weighted by molar-refractivity contribution is 0.355. The number of methoxy groups -OCH3 is 2. The molecule has 2 N–H and O–H groups in total. The van der Waals surface area contributed by atoms with Crippen molar-refractivity contribution in [3.63, 3.8) is 0 Å². The lowest BCUT2D eigenvalue weighted by Crippen LogP contribution is -2.33. The van der Waals surface area contributed by atoms with Crippen LogP contribution in [0.2, 0.25) is 0 Å². The van der Waals surface area contributed by atoms with Gasteiger partial charge < -0.3 is 20.1 Å². The normalized spacial score (nSPS) is 20.7. The van der Waals surface area contributed by atoms with Crippen molar-refractivity contribution in [3.05, 3.63) is 18.2 Å². The molecule has 1 saturated carbocycles. The molecule has 0 spiro atoms. The first-order chi connectivity index (χ1) is 9.17. The molecule has 1 fully saturated rings. The Kier molecular flexibility index (Phi) is 6.38. The Morgan fingerprint density at radius 3 is 2.40 bits per heavy atom. The second-order valence-corrected chi connectivity index (χ2v) is 4.73. The lowest BCUT2D eigenvalue weighted by atomic mass is 10.3. The third kappa shape index (κ3) is 4.16. The van der Waals surface area contributed by atoms with E-state index in [2.05, 4.69) is 22.5 Å². The fourth-order valence-corrected chi connectivity index (χ4v) is 1.91. The summed E-state index contributed by atoms with van der Waals surface area (Å²) in [6, 6.07) is 6.23. The van der Waals surface area contributed by atoms with Crippen molar-refractivity contribution in [2.45, 2.75) is 19.4 Å². The highest BCUT2D eigenvalue weighted by Crippen LogP contribution is 2.31. The van der Waals surface area contributed by atoms with Gasteiger partial charge in [0.1, 0.15) is 0 Å². The van der Waals surface area contributed by atoms with Crippen molar-refractivity contribution < 1.29 is 9.47 Å². The maximum absolute atomic E-state index is 5.28. The van der Waals surface area contributed by atoms with Gasteiger partial charge in [-0.2, -0.15) is 0 Å². The van der Waals surface area contributed by atoms with Crippen LogP contribution in [0, 0.1) is 5.92 Å². The van der Waals surface area contributed by atoms with Crippen LogP contribution in [0.4, 0.5) is 5.69 Å². The average Bonchev–Trinajstić information content (AvgIpc) is 3.13. The van der Waals surface area contributed by atoms with Crippen LogP contribution in [-0.4, -0.2) is 33.3 Å². The third-order valence-electron chi connectivity index (χ3n) is 3.30. The maximum Gasteiger partial charge on any atom is 0.195 e. The van der Waals surface area contributed by atoms with Crippen LogP contribution in [0.15, 0.2) is 23.2 Å². The Balaban J connectivity index is 0.00000200. The van der Waals surface area contributed by atoms with Gasteiger partial charge in [0.05, 0.1) is 14.2 Å². The molecular formula is C14H22IN3O2. The molecule has 2 rings (SSSR count). The van der Waals surface area contributed by atoms with Gasteiger partial charge in [0.2, 0.25) is 0 Å². The molecule has 20 heavy (non-hydrogen) atoms. The van der Waals surface area contributed by atoms with Crippen molar-refractivity contribution in [1.29, 1.82) is 0 Å². The summed E-state index contributed by atoms with van der Waals surface area (Å²) in [5.74, 6) is 2.92. The van der Waals surface area contributed by atoms with E-state index in [9.17, 15) is 0 Å². The zero-order valence-electron chi connectivity index (χ0n) is 12.3. The molecule has 0 aromatic heterocycles. The van der Waals surface area contributed by atoms with Gasteiger partial charge in [-0.05, 0) is 24.5 Å². The van der Waals surface area contributed by atoms with Crippen LogP contribution < -0.4 is 20.1 Å². The number of rotatable bonds is 4. The van der Waals surface area contributed by atoms with Gasteiger partial charge in [-0.15, -0.1) is 24.0 Å². The summed E-state index contributed by atoms with van der Waals surface area (Å²) >= 11 is 0. The van der Waals surface area contributed by atoms with Crippen molar-refractivity contribution in [2.24, 2.45) is 10.9 Å². The van der Waals surface area contributed by atoms with Gasteiger partial charge in [0, 0.05) is 24.8 Å². The number of nitrogens with one attached hydrogen (secondary N) is 2. The van der Waals surface area contributed by atoms with Crippen LogP contribution in [0.5, 0.6) is 11.5 Å². The second-order valence-electron chi connectivity index (χ2n) is 4.73. The summed E-state index contributed by atoms with van der Waals surface area (Å²) in [5, 5.41) is 6.62. The Hall–Kier alpha value is -1.18. The summed E-state index contributed by atoms with van der Waals surface area (Å²) < 4.78 is 10.5. The van der Waals surface area contributed by atoms with Crippen LogP contribution in [0.1, 0.15) is 13.3 Å².